The molecule has 180 valence electrons. The van der Waals surface area contributed by atoms with Crippen LogP contribution in [-0.2, 0) is 10.7 Å². The molecule has 35 heavy (non-hydrogen) atoms. The first-order valence-corrected chi connectivity index (χ1v) is 12.9. The standard InChI is InChI=1S/C23H18F3N4O4P/c1-33-13-10-7-11-14-17(13)27-20(34-14)16-21(35(2,3)32)28-19-15(12-8-5-4-6-9-12)18(23(24,25)26)29-30(19)22(16)31/h4-11,28H,1-3H3. The number of nitrogens with one attached hydrogen (secondary N) is 1. The summed E-state index contributed by atoms with van der Waals surface area (Å²) in [4.78, 5) is 20.8. The van der Waals surface area contributed by atoms with Crippen molar-refractivity contribution in [1.82, 2.24) is 19.6 Å². The number of aromatic nitrogens is 4. The third-order valence-electron chi connectivity index (χ3n) is 5.45. The van der Waals surface area contributed by atoms with Crippen molar-refractivity contribution in [3.8, 4) is 28.3 Å². The summed E-state index contributed by atoms with van der Waals surface area (Å²) in [6.45, 7) is 2.79. The predicted octanol–water partition coefficient (Wildman–Crippen LogP) is 4.77. The van der Waals surface area contributed by atoms with E-state index in [1.165, 1.54) is 32.6 Å². The Kier molecular flexibility index (Phi) is 5.14. The van der Waals surface area contributed by atoms with Gasteiger partial charge in [-0.25, -0.2) is 4.98 Å². The molecule has 0 radical (unpaired) electrons. The second-order valence-electron chi connectivity index (χ2n) is 8.18. The molecular weight excluding hydrogens is 484 g/mol. The number of nitrogens with zero attached hydrogens (tertiary/aromatic N) is 3. The largest absolute Gasteiger partial charge is 0.494 e. The SMILES string of the molecule is COc1cccc2oc(-c3c(P(C)(C)=O)[nH]c4c(-c5ccccc5)c(C(F)(F)F)nn4c3=O)nc12. The van der Waals surface area contributed by atoms with Gasteiger partial charge in [0.2, 0.25) is 5.89 Å². The van der Waals surface area contributed by atoms with Gasteiger partial charge in [-0.3, -0.25) is 4.79 Å². The van der Waals surface area contributed by atoms with Crippen molar-refractivity contribution in [2.45, 2.75) is 6.18 Å². The van der Waals surface area contributed by atoms with Crippen LogP contribution in [0.3, 0.4) is 0 Å². The van der Waals surface area contributed by atoms with Crippen molar-refractivity contribution >= 4 is 29.3 Å². The van der Waals surface area contributed by atoms with Crippen LogP contribution in [0.2, 0.25) is 0 Å². The smallest absolute Gasteiger partial charge is 0.435 e. The lowest BCUT2D eigenvalue weighted by Gasteiger charge is -2.12. The van der Waals surface area contributed by atoms with Gasteiger partial charge in [-0.2, -0.15) is 22.8 Å². The van der Waals surface area contributed by atoms with E-state index in [0.717, 1.165) is 0 Å². The van der Waals surface area contributed by atoms with E-state index < -0.39 is 24.6 Å². The van der Waals surface area contributed by atoms with Crippen LogP contribution < -0.4 is 15.7 Å². The Morgan fingerprint density at radius 3 is 2.40 bits per heavy atom. The maximum atomic E-state index is 14.0. The first kappa shape index (κ1) is 22.9. The van der Waals surface area contributed by atoms with Gasteiger partial charge in [0.1, 0.15) is 24.1 Å². The van der Waals surface area contributed by atoms with E-state index in [4.69, 9.17) is 9.15 Å². The summed E-state index contributed by atoms with van der Waals surface area (Å²) in [5, 5.41) is 3.62. The molecule has 5 aromatic rings. The zero-order chi connectivity index (χ0) is 25.1. The molecule has 0 aliphatic rings. The molecule has 5 rings (SSSR count). The number of aromatic amines is 1. The Morgan fingerprint density at radius 1 is 1.06 bits per heavy atom. The second-order valence-corrected chi connectivity index (χ2v) is 11.3. The minimum atomic E-state index is -4.86. The van der Waals surface area contributed by atoms with E-state index in [1.54, 1.807) is 36.4 Å². The molecule has 3 heterocycles. The second kappa shape index (κ2) is 7.84. The lowest BCUT2D eigenvalue weighted by molar-refractivity contribution is -0.140. The molecule has 0 fully saturated rings. The van der Waals surface area contributed by atoms with Crippen LogP contribution in [0.4, 0.5) is 13.2 Å². The Labute approximate surface area is 195 Å². The predicted molar refractivity (Wildman–Crippen MR) is 125 cm³/mol. The van der Waals surface area contributed by atoms with Crippen LogP contribution in [0, 0.1) is 0 Å². The van der Waals surface area contributed by atoms with Crippen LogP contribution in [-0.4, -0.2) is 40.0 Å². The van der Waals surface area contributed by atoms with Gasteiger partial charge in [0, 0.05) is 0 Å². The molecule has 0 bridgehead atoms. The monoisotopic (exact) mass is 502 g/mol. The molecule has 2 aromatic carbocycles. The van der Waals surface area contributed by atoms with E-state index in [9.17, 15) is 22.5 Å². The summed E-state index contributed by atoms with van der Waals surface area (Å²) in [5.41, 5.74) is -2.31. The molecule has 1 N–H and O–H groups in total. The Bertz CT molecular complexity index is 1700. The first-order chi connectivity index (χ1) is 16.5. The van der Waals surface area contributed by atoms with Gasteiger partial charge in [0.05, 0.1) is 18.1 Å². The maximum Gasteiger partial charge on any atom is 0.435 e. The highest BCUT2D eigenvalue weighted by Crippen LogP contribution is 2.41. The molecule has 0 aliphatic heterocycles. The van der Waals surface area contributed by atoms with Gasteiger partial charge >= 0.3 is 6.18 Å². The molecule has 0 unspecified atom stereocenters. The number of halogens is 3. The summed E-state index contributed by atoms with van der Waals surface area (Å²) < 4.78 is 66.9. The average molecular weight is 502 g/mol. The number of oxazole rings is 1. The number of fused-ring (bicyclic) bond motifs is 2. The number of rotatable bonds is 4. The number of hydrogen-bond donors (Lipinski definition) is 1. The molecule has 8 nitrogen and oxygen atoms in total. The van der Waals surface area contributed by atoms with Crippen molar-refractivity contribution in [2.75, 3.05) is 20.4 Å². The highest BCUT2D eigenvalue weighted by molar-refractivity contribution is 7.70. The number of alkyl halides is 3. The zero-order valence-corrected chi connectivity index (χ0v) is 19.6. The molecule has 0 amide bonds. The summed E-state index contributed by atoms with van der Waals surface area (Å²) in [5.74, 6) is 0.162. The van der Waals surface area contributed by atoms with Gasteiger partial charge < -0.3 is 18.7 Å². The summed E-state index contributed by atoms with van der Waals surface area (Å²) in [6, 6.07) is 12.6. The number of H-pyrrole nitrogens is 1. The number of benzene rings is 2. The Balaban J connectivity index is 1.92. The number of hydrogen-bond acceptors (Lipinski definition) is 6. The van der Waals surface area contributed by atoms with E-state index in [2.05, 4.69) is 15.1 Å². The quantitative estimate of drug-likeness (QED) is 0.355. The van der Waals surface area contributed by atoms with E-state index in [1.807, 2.05) is 0 Å². The van der Waals surface area contributed by atoms with Crippen LogP contribution in [0.5, 0.6) is 5.75 Å². The number of methoxy groups -OCH3 is 1. The van der Waals surface area contributed by atoms with E-state index >= 15 is 0 Å². The molecule has 3 aromatic heterocycles. The van der Waals surface area contributed by atoms with Crippen molar-refractivity contribution in [1.29, 1.82) is 0 Å². The van der Waals surface area contributed by atoms with Gasteiger partial charge in [-0.05, 0) is 31.0 Å². The molecule has 0 spiro atoms. The molecule has 0 saturated heterocycles. The minimum absolute atomic E-state index is 0.0775. The van der Waals surface area contributed by atoms with E-state index in [0.29, 0.717) is 15.8 Å². The van der Waals surface area contributed by atoms with Crippen LogP contribution in [0.1, 0.15) is 5.69 Å². The maximum absolute atomic E-state index is 14.0. The molecular formula is C23H18F3N4O4P. The third kappa shape index (κ3) is 3.72. The zero-order valence-electron chi connectivity index (χ0n) is 18.7. The highest BCUT2D eigenvalue weighted by Gasteiger charge is 2.40. The molecule has 0 saturated carbocycles. The van der Waals surface area contributed by atoms with Crippen molar-refractivity contribution in [2.24, 2.45) is 0 Å². The van der Waals surface area contributed by atoms with Crippen LogP contribution in [0.15, 0.2) is 57.7 Å². The van der Waals surface area contributed by atoms with E-state index in [-0.39, 0.29) is 39.2 Å². The lowest BCUT2D eigenvalue weighted by Crippen LogP contribution is -2.28. The van der Waals surface area contributed by atoms with Crippen LogP contribution in [0.25, 0.3) is 39.3 Å². The molecule has 0 aliphatic carbocycles. The third-order valence-corrected chi connectivity index (χ3v) is 6.86. The summed E-state index contributed by atoms with van der Waals surface area (Å²) in [6.07, 6.45) is -4.86. The average Bonchev–Trinajstić information content (AvgIpc) is 3.40. The number of ether oxygens (including phenoxy) is 1. The fourth-order valence-corrected chi connectivity index (χ4v) is 5.04. The molecule has 0 atom stereocenters. The fraction of sp³-hybridized carbons (Fsp3) is 0.174. The topological polar surface area (TPSA) is 102 Å². The minimum Gasteiger partial charge on any atom is -0.494 e. The number of para-hydroxylation sites is 1. The Morgan fingerprint density at radius 2 is 1.77 bits per heavy atom. The highest BCUT2D eigenvalue weighted by atomic mass is 31.2. The summed E-state index contributed by atoms with van der Waals surface area (Å²) in [7, 11) is -1.83. The van der Waals surface area contributed by atoms with Crippen LogP contribution >= 0.6 is 7.14 Å². The lowest BCUT2D eigenvalue weighted by atomic mass is 10.1. The van der Waals surface area contributed by atoms with Gasteiger partial charge in [0.15, 0.2) is 16.8 Å². The normalized spacial score (nSPS) is 12.5. The first-order valence-electron chi connectivity index (χ1n) is 10.3. The summed E-state index contributed by atoms with van der Waals surface area (Å²) >= 11 is 0. The van der Waals surface area contributed by atoms with Gasteiger partial charge in [-0.15, -0.1) is 0 Å². The van der Waals surface area contributed by atoms with Crippen molar-refractivity contribution < 1.29 is 26.9 Å². The van der Waals surface area contributed by atoms with Crippen molar-refractivity contribution in [3.63, 3.8) is 0 Å². The fourth-order valence-electron chi connectivity index (χ4n) is 3.93. The van der Waals surface area contributed by atoms with Crippen molar-refractivity contribution in [3.05, 3.63) is 64.6 Å². The molecule has 12 heteroatoms. The van der Waals surface area contributed by atoms with Gasteiger partial charge in [0.25, 0.3) is 5.56 Å². The van der Waals surface area contributed by atoms with Gasteiger partial charge in [-0.1, -0.05) is 36.4 Å². The Hall–Kier alpha value is -3.85.